The molecule has 0 atom stereocenters. The van der Waals surface area contributed by atoms with Gasteiger partial charge in [0.25, 0.3) is 5.91 Å². The zero-order valence-corrected chi connectivity index (χ0v) is 15.7. The molecule has 0 aliphatic rings. The Kier molecular flexibility index (Phi) is 8.01. The second-order valence-corrected chi connectivity index (χ2v) is 6.20. The zero-order valence-electron chi connectivity index (χ0n) is 14.2. The van der Waals surface area contributed by atoms with Gasteiger partial charge in [-0.15, -0.1) is 23.2 Å². The molecule has 2 rings (SSSR count). The molecule has 0 unspecified atom stereocenters. The number of benzene rings is 2. The van der Waals surface area contributed by atoms with Crippen LogP contribution in [0.15, 0.2) is 60.2 Å². The van der Waals surface area contributed by atoms with Crippen LogP contribution in [0.4, 0.5) is 11.4 Å². The van der Waals surface area contributed by atoms with E-state index in [2.05, 4.69) is 10.2 Å². The van der Waals surface area contributed by atoms with E-state index >= 15 is 0 Å². The average Bonchev–Trinajstić information content (AvgIpc) is 2.67. The van der Waals surface area contributed by atoms with Crippen molar-refractivity contribution in [1.82, 2.24) is 0 Å². The standard InChI is InChI=1S/C20H19Cl2N3O/c21-10-12-25(13-11-22)19-8-6-16(7-9-19)14-17(15-23)20(26)24-18-4-2-1-3-5-18/h1-9,14H,10-13H2,(H,24,26)/b17-14-. The zero-order chi connectivity index (χ0) is 18.8. The van der Waals surface area contributed by atoms with E-state index < -0.39 is 5.91 Å². The molecule has 134 valence electrons. The summed E-state index contributed by atoms with van der Waals surface area (Å²) >= 11 is 11.7. The van der Waals surface area contributed by atoms with E-state index in [9.17, 15) is 10.1 Å². The minimum atomic E-state index is -0.436. The summed E-state index contributed by atoms with van der Waals surface area (Å²) in [5.74, 6) is 0.585. The highest BCUT2D eigenvalue weighted by atomic mass is 35.5. The maximum absolute atomic E-state index is 12.3. The van der Waals surface area contributed by atoms with Crippen molar-refractivity contribution < 1.29 is 4.79 Å². The van der Waals surface area contributed by atoms with Gasteiger partial charge >= 0.3 is 0 Å². The van der Waals surface area contributed by atoms with Crippen LogP contribution in [0.1, 0.15) is 5.56 Å². The van der Waals surface area contributed by atoms with Crippen molar-refractivity contribution in [2.75, 3.05) is 35.1 Å². The normalized spacial score (nSPS) is 10.9. The molecule has 0 radical (unpaired) electrons. The van der Waals surface area contributed by atoms with Gasteiger partial charge in [-0.3, -0.25) is 4.79 Å². The maximum Gasteiger partial charge on any atom is 0.266 e. The summed E-state index contributed by atoms with van der Waals surface area (Å²) in [7, 11) is 0. The SMILES string of the molecule is N#C/C(=C/c1ccc(N(CCCl)CCCl)cc1)C(=O)Nc1ccccc1. The van der Waals surface area contributed by atoms with E-state index in [-0.39, 0.29) is 5.57 Å². The Hall–Kier alpha value is -2.48. The number of carbonyl (C=O) groups is 1. The third-order valence-electron chi connectivity index (χ3n) is 3.67. The Labute approximate surface area is 163 Å². The number of nitrogens with zero attached hydrogens (tertiary/aromatic N) is 2. The lowest BCUT2D eigenvalue weighted by Gasteiger charge is -2.22. The molecule has 0 bridgehead atoms. The highest BCUT2D eigenvalue weighted by Crippen LogP contribution is 2.18. The fourth-order valence-electron chi connectivity index (χ4n) is 2.39. The van der Waals surface area contributed by atoms with Crippen molar-refractivity contribution in [1.29, 1.82) is 5.26 Å². The number of halogens is 2. The van der Waals surface area contributed by atoms with E-state index in [0.29, 0.717) is 30.5 Å². The van der Waals surface area contributed by atoms with Gasteiger partial charge in [-0.2, -0.15) is 5.26 Å². The number of anilines is 2. The summed E-state index contributed by atoms with van der Waals surface area (Å²) in [6.45, 7) is 1.40. The highest BCUT2D eigenvalue weighted by Gasteiger charge is 2.10. The molecule has 0 spiro atoms. The van der Waals surface area contributed by atoms with Crippen LogP contribution >= 0.6 is 23.2 Å². The van der Waals surface area contributed by atoms with Gasteiger partial charge in [0.05, 0.1) is 0 Å². The number of para-hydroxylation sites is 1. The van der Waals surface area contributed by atoms with E-state index in [1.807, 2.05) is 48.5 Å². The molecule has 4 nitrogen and oxygen atoms in total. The summed E-state index contributed by atoms with van der Waals surface area (Å²) in [5.41, 5.74) is 2.45. The summed E-state index contributed by atoms with van der Waals surface area (Å²) in [6.07, 6.45) is 1.56. The molecule has 0 saturated heterocycles. The molecular formula is C20H19Cl2N3O. The number of rotatable bonds is 8. The van der Waals surface area contributed by atoms with Crippen molar-refractivity contribution >= 4 is 46.6 Å². The van der Waals surface area contributed by atoms with Gasteiger partial charge in [0.2, 0.25) is 0 Å². The molecule has 26 heavy (non-hydrogen) atoms. The van der Waals surface area contributed by atoms with E-state index in [1.165, 1.54) is 0 Å². The first-order valence-corrected chi connectivity index (χ1v) is 9.20. The molecular weight excluding hydrogens is 369 g/mol. The Morgan fingerprint density at radius 2 is 1.65 bits per heavy atom. The Morgan fingerprint density at radius 3 is 2.19 bits per heavy atom. The Balaban J connectivity index is 2.13. The second kappa shape index (κ2) is 10.5. The van der Waals surface area contributed by atoms with Crippen LogP contribution < -0.4 is 10.2 Å². The van der Waals surface area contributed by atoms with Gasteiger partial charge in [0.1, 0.15) is 11.6 Å². The van der Waals surface area contributed by atoms with Crippen LogP contribution in [0, 0.1) is 11.3 Å². The topological polar surface area (TPSA) is 56.1 Å². The number of amides is 1. The summed E-state index contributed by atoms with van der Waals surface area (Å²) in [5, 5.41) is 12.0. The number of alkyl halides is 2. The van der Waals surface area contributed by atoms with Crippen LogP contribution in [0.3, 0.4) is 0 Å². The van der Waals surface area contributed by atoms with Gasteiger partial charge in [0.15, 0.2) is 0 Å². The third kappa shape index (κ3) is 5.80. The smallest absolute Gasteiger partial charge is 0.266 e. The number of hydrogen-bond donors (Lipinski definition) is 1. The van der Waals surface area contributed by atoms with Crippen LogP contribution in [-0.4, -0.2) is 30.8 Å². The molecule has 6 heteroatoms. The largest absolute Gasteiger partial charge is 0.369 e. The van der Waals surface area contributed by atoms with Crippen LogP contribution in [0.5, 0.6) is 0 Å². The molecule has 1 N–H and O–H groups in total. The van der Waals surface area contributed by atoms with Crippen LogP contribution in [0.25, 0.3) is 6.08 Å². The molecule has 0 fully saturated rings. The Bertz CT molecular complexity index is 777. The first kappa shape index (κ1) is 19.8. The second-order valence-electron chi connectivity index (χ2n) is 5.45. The first-order valence-electron chi connectivity index (χ1n) is 8.13. The highest BCUT2D eigenvalue weighted by molar-refractivity contribution is 6.18. The number of nitriles is 1. The molecule has 0 aromatic heterocycles. The first-order chi connectivity index (χ1) is 12.7. The molecule has 0 heterocycles. The fourth-order valence-corrected chi connectivity index (χ4v) is 2.80. The van der Waals surface area contributed by atoms with Gasteiger partial charge < -0.3 is 10.2 Å². The fraction of sp³-hybridized carbons (Fsp3) is 0.200. The lowest BCUT2D eigenvalue weighted by molar-refractivity contribution is -0.112. The number of hydrogen-bond acceptors (Lipinski definition) is 3. The molecule has 0 aliphatic carbocycles. The van der Waals surface area contributed by atoms with Crippen LogP contribution in [-0.2, 0) is 4.79 Å². The number of carbonyl (C=O) groups excluding carboxylic acids is 1. The summed E-state index contributed by atoms with van der Waals surface area (Å²) in [4.78, 5) is 14.3. The van der Waals surface area contributed by atoms with Crippen LogP contribution in [0.2, 0.25) is 0 Å². The van der Waals surface area contributed by atoms with E-state index in [0.717, 1.165) is 11.3 Å². The van der Waals surface area contributed by atoms with Crippen molar-refractivity contribution in [3.8, 4) is 6.07 Å². The molecule has 0 saturated carbocycles. The van der Waals surface area contributed by atoms with Crippen molar-refractivity contribution in [3.05, 3.63) is 65.7 Å². The predicted molar refractivity (Wildman–Crippen MR) is 109 cm³/mol. The minimum Gasteiger partial charge on any atom is -0.369 e. The van der Waals surface area contributed by atoms with Crippen molar-refractivity contribution in [2.24, 2.45) is 0 Å². The summed E-state index contributed by atoms with van der Waals surface area (Å²) in [6, 6.07) is 18.5. The number of nitrogens with one attached hydrogen (secondary N) is 1. The molecule has 2 aromatic carbocycles. The van der Waals surface area contributed by atoms with Gasteiger partial charge in [-0.25, -0.2) is 0 Å². The lowest BCUT2D eigenvalue weighted by atomic mass is 10.1. The predicted octanol–water partition coefficient (Wildman–Crippen LogP) is 4.52. The lowest BCUT2D eigenvalue weighted by Crippen LogP contribution is -2.27. The molecule has 0 aliphatic heterocycles. The van der Waals surface area contributed by atoms with Crippen molar-refractivity contribution in [3.63, 3.8) is 0 Å². The molecule has 1 amide bonds. The monoisotopic (exact) mass is 387 g/mol. The minimum absolute atomic E-state index is 0.0416. The van der Waals surface area contributed by atoms with E-state index in [1.54, 1.807) is 18.2 Å². The molecule has 2 aromatic rings. The maximum atomic E-state index is 12.3. The average molecular weight is 388 g/mol. The van der Waals surface area contributed by atoms with Gasteiger partial charge in [-0.05, 0) is 35.9 Å². The van der Waals surface area contributed by atoms with E-state index in [4.69, 9.17) is 23.2 Å². The Morgan fingerprint density at radius 1 is 1.04 bits per heavy atom. The van der Waals surface area contributed by atoms with Gasteiger partial charge in [0, 0.05) is 36.2 Å². The van der Waals surface area contributed by atoms with Crippen molar-refractivity contribution in [2.45, 2.75) is 0 Å². The van der Waals surface area contributed by atoms with Gasteiger partial charge in [-0.1, -0.05) is 30.3 Å². The third-order valence-corrected chi connectivity index (χ3v) is 4.01. The summed E-state index contributed by atoms with van der Waals surface area (Å²) < 4.78 is 0. The quantitative estimate of drug-likeness (QED) is 0.411.